The molecule has 0 fully saturated rings. The molecule has 0 aromatic rings. The average molecular weight is 104 g/mol. The SMILES string of the molecule is CC.CCB(O)O. The minimum absolute atomic E-state index is 0.417. The van der Waals surface area contributed by atoms with Gasteiger partial charge in [0.2, 0.25) is 0 Å². The first-order valence-electron chi connectivity index (χ1n) is 2.63. The van der Waals surface area contributed by atoms with Crippen LogP contribution in [-0.4, -0.2) is 17.2 Å². The zero-order valence-electron chi connectivity index (χ0n) is 5.18. The van der Waals surface area contributed by atoms with Crippen molar-refractivity contribution < 1.29 is 10.0 Å². The van der Waals surface area contributed by atoms with Crippen molar-refractivity contribution in [2.45, 2.75) is 27.1 Å². The van der Waals surface area contributed by atoms with Crippen LogP contribution < -0.4 is 0 Å². The van der Waals surface area contributed by atoms with E-state index in [0.29, 0.717) is 6.32 Å². The molecule has 0 saturated carbocycles. The molecule has 0 aliphatic rings. The molecule has 3 heteroatoms. The Kier molecular flexibility index (Phi) is 13.5. The molecular formula is C4H13BO2. The van der Waals surface area contributed by atoms with E-state index in [9.17, 15) is 0 Å². The largest absolute Gasteiger partial charge is 0.451 e. The molecule has 0 saturated heterocycles. The van der Waals surface area contributed by atoms with Crippen LogP contribution in [0, 0.1) is 0 Å². The van der Waals surface area contributed by atoms with Crippen LogP contribution in [0.5, 0.6) is 0 Å². The van der Waals surface area contributed by atoms with E-state index >= 15 is 0 Å². The molecule has 0 amide bonds. The predicted molar refractivity (Wildman–Crippen MR) is 32.0 cm³/mol. The van der Waals surface area contributed by atoms with Crippen molar-refractivity contribution in [1.29, 1.82) is 0 Å². The molecule has 0 spiro atoms. The monoisotopic (exact) mass is 104 g/mol. The van der Waals surface area contributed by atoms with Gasteiger partial charge in [-0.2, -0.15) is 0 Å². The standard InChI is InChI=1S/C2H7BO2.C2H6/c1-2-3(4)5;1-2/h4-5H,2H2,1H3;1-2H3. The van der Waals surface area contributed by atoms with E-state index in [2.05, 4.69) is 0 Å². The van der Waals surface area contributed by atoms with Gasteiger partial charge in [0.05, 0.1) is 0 Å². The fourth-order valence-corrected chi connectivity index (χ4v) is 0. The Balaban J connectivity index is 0. The first kappa shape index (κ1) is 10.1. The fourth-order valence-electron chi connectivity index (χ4n) is 0. The molecule has 0 aromatic carbocycles. The molecule has 0 aliphatic carbocycles. The molecule has 7 heavy (non-hydrogen) atoms. The van der Waals surface area contributed by atoms with Crippen molar-refractivity contribution in [3.05, 3.63) is 0 Å². The van der Waals surface area contributed by atoms with Crippen LogP contribution in [0.3, 0.4) is 0 Å². The number of rotatable bonds is 1. The third-order valence-electron chi connectivity index (χ3n) is 0.365. The second kappa shape index (κ2) is 9.37. The van der Waals surface area contributed by atoms with Crippen molar-refractivity contribution in [1.82, 2.24) is 0 Å². The van der Waals surface area contributed by atoms with Gasteiger partial charge < -0.3 is 10.0 Å². The maximum atomic E-state index is 7.92. The fraction of sp³-hybridized carbons (Fsp3) is 1.00. The van der Waals surface area contributed by atoms with Crippen LogP contribution in [0.4, 0.5) is 0 Å². The Hall–Kier alpha value is -0.0151. The van der Waals surface area contributed by atoms with Crippen LogP contribution >= 0.6 is 0 Å². The lowest BCUT2D eigenvalue weighted by Crippen LogP contribution is -2.06. The van der Waals surface area contributed by atoms with Crippen LogP contribution in [-0.2, 0) is 0 Å². The van der Waals surface area contributed by atoms with Crippen molar-refractivity contribution in [2.24, 2.45) is 0 Å². The summed E-state index contributed by atoms with van der Waals surface area (Å²) in [6, 6.07) is 0. The van der Waals surface area contributed by atoms with Crippen LogP contribution in [0.1, 0.15) is 20.8 Å². The van der Waals surface area contributed by atoms with Crippen LogP contribution in [0.15, 0.2) is 0 Å². The highest BCUT2D eigenvalue weighted by atomic mass is 16.4. The molecule has 0 unspecified atom stereocenters. The van der Waals surface area contributed by atoms with Gasteiger partial charge in [0.1, 0.15) is 0 Å². The average Bonchev–Trinajstić information content (AvgIpc) is 1.73. The summed E-state index contributed by atoms with van der Waals surface area (Å²) in [5, 5.41) is 15.8. The van der Waals surface area contributed by atoms with Gasteiger partial charge in [-0.05, 0) is 6.32 Å². The van der Waals surface area contributed by atoms with Gasteiger partial charge in [-0.25, -0.2) is 0 Å². The van der Waals surface area contributed by atoms with Crippen molar-refractivity contribution in [3.8, 4) is 0 Å². The topological polar surface area (TPSA) is 40.5 Å². The molecule has 0 heterocycles. The minimum Gasteiger partial charge on any atom is -0.427 e. The summed E-state index contributed by atoms with van der Waals surface area (Å²) in [5.74, 6) is 0. The normalized spacial score (nSPS) is 6.43. The van der Waals surface area contributed by atoms with Gasteiger partial charge in [0.25, 0.3) is 0 Å². The highest BCUT2D eigenvalue weighted by Gasteiger charge is 1.96. The van der Waals surface area contributed by atoms with Gasteiger partial charge >= 0.3 is 7.12 Å². The van der Waals surface area contributed by atoms with Crippen LogP contribution in [0.2, 0.25) is 6.32 Å². The summed E-state index contributed by atoms with van der Waals surface area (Å²) in [7, 11) is -1.12. The van der Waals surface area contributed by atoms with Gasteiger partial charge in [-0.1, -0.05) is 20.8 Å². The van der Waals surface area contributed by atoms with Crippen molar-refractivity contribution >= 4 is 7.12 Å². The van der Waals surface area contributed by atoms with E-state index < -0.39 is 7.12 Å². The van der Waals surface area contributed by atoms with E-state index in [4.69, 9.17) is 10.0 Å². The summed E-state index contributed by atoms with van der Waals surface area (Å²) in [4.78, 5) is 0. The molecule has 2 N–H and O–H groups in total. The molecule has 0 rings (SSSR count). The Morgan fingerprint density at radius 3 is 1.43 bits per heavy atom. The number of hydrogen-bond donors (Lipinski definition) is 2. The van der Waals surface area contributed by atoms with Crippen molar-refractivity contribution in [2.75, 3.05) is 0 Å². The minimum atomic E-state index is -1.12. The highest BCUT2D eigenvalue weighted by Crippen LogP contribution is 1.73. The summed E-state index contributed by atoms with van der Waals surface area (Å²) < 4.78 is 0. The molecule has 0 radical (unpaired) electrons. The zero-order valence-corrected chi connectivity index (χ0v) is 5.18. The Morgan fingerprint density at radius 2 is 1.43 bits per heavy atom. The third-order valence-corrected chi connectivity index (χ3v) is 0.365. The second-order valence-electron chi connectivity index (χ2n) is 0.889. The molecule has 0 aromatic heterocycles. The Labute approximate surface area is 45.3 Å². The summed E-state index contributed by atoms with van der Waals surface area (Å²) in [6.45, 7) is 5.70. The van der Waals surface area contributed by atoms with Gasteiger partial charge in [0, 0.05) is 0 Å². The predicted octanol–water partition coefficient (Wildman–Crippen LogP) is 0.505. The lowest BCUT2D eigenvalue weighted by molar-refractivity contribution is 0.408. The zero-order chi connectivity index (χ0) is 6.28. The smallest absolute Gasteiger partial charge is 0.427 e. The first-order valence-corrected chi connectivity index (χ1v) is 2.63. The lowest BCUT2D eigenvalue weighted by Gasteiger charge is -1.81. The van der Waals surface area contributed by atoms with E-state index in [1.165, 1.54) is 0 Å². The van der Waals surface area contributed by atoms with E-state index in [-0.39, 0.29) is 0 Å². The quantitative estimate of drug-likeness (QED) is 0.475. The van der Waals surface area contributed by atoms with Crippen molar-refractivity contribution in [3.63, 3.8) is 0 Å². The lowest BCUT2D eigenvalue weighted by atomic mass is 9.88. The molecule has 0 bridgehead atoms. The van der Waals surface area contributed by atoms with E-state index in [1.54, 1.807) is 6.92 Å². The summed E-state index contributed by atoms with van der Waals surface area (Å²) in [5.41, 5.74) is 0. The molecule has 44 valence electrons. The van der Waals surface area contributed by atoms with Gasteiger partial charge in [-0.15, -0.1) is 0 Å². The van der Waals surface area contributed by atoms with Gasteiger partial charge in [0.15, 0.2) is 0 Å². The second-order valence-corrected chi connectivity index (χ2v) is 0.889. The molecular weight excluding hydrogens is 90.9 g/mol. The maximum Gasteiger partial charge on any atom is 0.451 e. The van der Waals surface area contributed by atoms with E-state index in [0.717, 1.165) is 0 Å². The third kappa shape index (κ3) is 24.1. The Bertz CT molecular complexity index is 23.7. The van der Waals surface area contributed by atoms with Crippen LogP contribution in [0.25, 0.3) is 0 Å². The van der Waals surface area contributed by atoms with Gasteiger partial charge in [-0.3, -0.25) is 0 Å². The highest BCUT2D eigenvalue weighted by molar-refractivity contribution is 6.40. The molecule has 0 aliphatic heterocycles. The Morgan fingerprint density at radius 1 is 1.29 bits per heavy atom. The van der Waals surface area contributed by atoms with E-state index in [1.807, 2.05) is 13.8 Å². The number of hydrogen-bond acceptors (Lipinski definition) is 2. The summed E-state index contributed by atoms with van der Waals surface area (Å²) >= 11 is 0. The molecule has 0 atom stereocenters. The first-order chi connectivity index (χ1) is 3.27. The molecule has 2 nitrogen and oxygen atoms in total. The summed E-state index contributed by atoms with van der Waals surface area (Å²) in [6.07, 6.45) is 0.417. The maximum absolute atomic E-state index is 7.92.